The fraction of sp³-hybridized carbons (Fsp3) is 0.235. The normalized spacial score (nSPS) is 11.4. The molecule has 0 radical (unpaired) electrons. The minimum Gasteiger partial charge on any atom is -0.305 e. The molecule has 3 heteroatoms. The van der Waals surface area contributed by atoms with Gasteiger partial charge in [-0.05, 0) is 36.1 Å². The van der Waals surface area contributed by atoms with Crippen LogP contribution in [0.4, 0.5) is 0 Å². The van der Waals surface area contributed by atoms with E-state index in [1.807, 2.05) is 31.2 Å². The fourth-order valence-corrected chi connectivity index (χ4v) is 2.13. The van der Waals surface area contributed by atoms with Crippen LogP contribution in [0.2, 0.25) is 5.02 Å². The first-order chi connectivity index (χ1) is 9.70. The molecule has 0 amide bonds. The molecule has 2 rings (SSSR count). The van der Waals surface area contributed by atoms with Crippen LogP contribution in [0.15, 0.2) is 53.6 Å². The molecule has 2 aromatic carbocycles. The highest BCUT2D eigenvalue weighted by Gasteiger charge is 1.99. The average molecular weight is 287 g/mol. The van der Waals surface area contributed by atoms with Gasteiger partial charge in [-0.15, -0.1) is 0 Å². The van der Waals surface area contributed by atoms with Gasteiger partial charge in [0.05, 0.1) is 12.3 Å². The Labute approximate surface area is 125 Å². The summed E-state index contributed by atoms with van der Waals surface area (Å²) in [7, 11) is 0. The number of hydrogen-bond acceptors (Lipinski definition) is 2. The molecule has 0 aliphatic heterocycles. The van der Waals surface area contributed by atoms with Gasteiger partial charge in [0.1, 0.15) is 0 Å². The van der Waals surface area contributed by atoms with Crippen LogP contribution >= 0.6 is 11.6 Å². The lowest BCUT2D eigenvalue weighted by molar-refractivity contribution is 0.744. The van der Waals surface area contributed by atoms with Crippen molar-refractivity contribution in [3.63, 3.8) is 0 Å². The molecule has 0 aliphatic rings. The lowest BCUT2D eigenvalue weighted by atomic mass is 10.1. The number of benzene rings is 2. The van der Waals surface area contributed by atoms with Crippen LogP contribution in [-0.4, -0.2) is 5.71 Å². The smallest absolute Gasteiger partial charge is 0.0644 e. The summed E-state index contributed by atoms with van der Waals surface area (Å²) in [6, 6.07) is 16.3. The Morgan fingerprint density at radius 1 is 1.10 bits per heavy atom. The van der Waals surface area contributed by atoms with Gasteiger partial charge in [0.25, 0.3) is 0 Å². The first kappa shape index (κ1) is 14.6. The summed E-state index contributed by atoms with van der Waals surface area (Å²) in [5, 5.41) is 5.16. The Kier molecular flexibility index (Phi) is 5.19. The van der Waals surface area contributed by atoms with Crippen LogP contribution in [0.5, 0.6) is 0 Å². The largest absolute Gasteiger partial charge is 0.305 e. The predicted molar refractivity (Wildman–Crippen MR) is 86.3 cm³/mol. The summed E-state index contributed by atoms with van der Waals surface area (Å²) < 4.78 is 0. The van der Waals surface area contributed by atoms with E-state index in [1.165, 1.54) is 5.56 Å². The number of hydrazone groups is 1. The number of rotatable bonds is 5. The van der Waals surface area contributed by atoms with Crippen molar-refractivity contribution in [1.29, 1.82) is 0 Å². The van der Waals surface area contributed by atoms with E-state index in [1.54, 1.807) is 0 Å². The van der Waals surface area contributed by atoms with Crippen molar-refractivity contribution in [3.8, 4) is 0 Å². The second kappa shape index (κ2) is 7.11. The third-order valence-corrected chi connectivity index (χ3v) is 3.62. The SMILES string of the molecule is CCc1ccc(/C(C)=N\NCc2ccccc2Cl)cc1. The van der Waals surface area contributed by atoms with Crippen LogP contribution in [0.1, 0.15) is 30.5 Å². The summed E-state index contributed by atoms with van der Waals surface area (Å²) in [4.78, 5) is 0. The number of aryl methyl sites for hydroxylation is 1. The molecule has 0 unspecified atom stereocenters. The predicted octanol–water partition coefficient (Wildman–Crippen LogP) is 4.42. The number of hydrogen-bond donors (Lipinski definition) is 1. The Bertz CT molecular complexity index is 588. The highest BCUT2D eigenvalue weighted by atomic mass is 35.5. The van der Waals surface area contributed by atoms with Gasteiger partial charge in [0.15, 0.2) is 0 Å². The van der Waals surface area contributed by atoms with Gasteiger partial charge < -0.3 is 5.43 Å². The molecule has 0 aromatic heterocycles. The number of halogens is 1. The zero-order valence-electron chi connectivity index (χ0n) is 11.9. The first-order valence-corrected chi connectivity index (χ1v) is 7.18. The Hall–Kier alpha value is -1.80. The maximum atomic E-state index is 6.10. The van der Waals surface area contributed by atoms with E-state index < -0.39 is 0 Å². The molecule has 0 saturated heterocycles. The molecular formula is C17H19ClN2. The highest BCUT2D eigenvalue weighted by Crippen LogP contribution is 2.14. The zero-order chi connectivity index (χ0) is 14.4. The summed E-state index contributed by atoms with van der Waals surface area (Å²) in [5.41, 5.74) is 7.56. The van der Waals surface area contributed by atoms with Crippen LogP contribution in [0, 0.1) is 0 Å². The molecule has 0 fully saturated rings. The summed E-state index contributed by atoms with van der Waals surface area (Å²) in [6.07, 6.45) is 1.06. The quantitative estimate of drug-likeness (QED) is 0.639. The molecule has 0 saturated carbocycles. The molecule has 2 aromatic rings. The minimum atomic E-state index is 0.629. The van der Waals surface area contributed by atoms with Gasteiger partial charge in [0, 0.05) is 5.02 Å². The monoisotopic (exact) mass is 286 g/mol. The van der Waals surface area contributed by atoms with E-state index in [2.05, 4.69) is 41.7 Å². The summed E-state index contributed by atoms with van der Waals surface area (Å²) in [6.45, 7) is 4.78. The average Bonchev–Trinajstić information content (AvgIpc) is 2.49. The van der Waals surface area contributed by atoms with Gasteiger partial charge in [-0.2, -0.15) is 5.10 Å². The first-order valence-electron chi connectivity index (χ1n) is 6.80. The molecule has 0 bridgehead atoms. The van der Waals surface area contributed by atoms with Gasteiger partial charge in [-0.3, -0.25) is 0 Å². The van der Waals surface area contributed by atoms with Gasteiger partial charge in [-0.1, -0.05) is 61.0 Å². The van der Waals surface area contributed by atoms with Gasteiger partial charge in [0.2, 0.25) is 0 Å². The molecule has 104 valence electrons. The number of nitrogens with one attached hydrogen (secondary N) is 1. The van der Waals surface area contributed by atoms with Gasteiger partial charge in [-0.25, -0.2) is 0 Å². The van der Waals surface area contributed by atoms with Gasteiger partial charge >= 0.3 is 0 Å². The lowest BCUT2D eigenvalue weighted by Gasteiger charge is -2.06. The maximum absolute atomic E-state index is 6.10. The number of nitrogens with zero attached hydrogens (tertiary/aromatic N) is 1. The molecule has 0 atom stereocenters. The molecule has 20 heavy (non-hydrogen) atoms. The summed E-state index contributed by atoms with van der Waals surface area (Å²) in [5.74, 6) is 0. The van der Waals surface area contributed by atoms with Crippen molar-refractivity contribution in [1.82, 2.24) is 5.43 Å². The third-order valence-electron chi connectivity index (χ3n) is 3.25. The van der Waals surface area contributed by atoms with Crippen molar-refractivity contribution in [3.05, 3.63) is 70.2 Å². The molecule has 0 spiro atoms. The fourth-order valence-electron chi connectivity index (χ4n) is 1.93. The van der Waals surface area contributed by atoms with E-state index >= 15 is 0 Å². The topological polar surface area (TPSA) is 24.4 Å². The molecule has 2 nitrogen and oxygen atoms in total. The van der Waals surface area contributed by atoms with E-state index in [4.69, 9.17) is 11.6 Å². The van der Waals surface area contributed by atoms with Crippen LogP contribution in [0.25, 0.3) is 0 Å². The Morgan fingerprint density at radius 2 is 1.80 bits per heavy atom. The van der Waals surface area contributed by atoms with Crippen molar-refractivity contribution >= 4 is 17.3 Å². The van der Waals surface area contributed by atoms with Crippen molar-refractivity contribution < 1.29 is 0 Å². The molecule has 0 heterocycles. The highest BCUT2D eigenvalue weighted by molar-refractivity contribution is 6.31. The Morgan fingerprint density at radius 3 is 2.45 bits per heavy atom. The lowest BCUT2D eigenvalue weighted by Crippen LogP contribution is -2.09. The van der Waals surface area contributed by atoms with Crippen molar-refractivity contribution in [2.75, 3.05) is 0 Å². The van der Waals surface area contributed by atoms with Crippen LogP contribution in [0.3, 0.4) is 0 Å². The van der Waals surface area contributed by atoms with Crippen molar-refractivity contribution in [2.24, 2.45) is 5.10 Å². The van der Waals surface area contributed by atoms with Crippen LogP contribution < -0.4 is 5.43 Å². The molecule has 0 aliphatic carbocycles. The maximum Gasteiger partial charge on any atom is 0.0644 e. The van der Waals surface area contributed by atoms with E-state index in [0.717, 1.165) is 28.3 Å². The van der Waals surface area contributed by atoms with E-state index in [-0.39, 0.29) is 0 Å². The van der Waals surface area contributed by atoms with Crippen LogP contribution in [-0.2, 0) is 13.0 Å². The standard InChI is InChI=1S/C17H19ClN2/c1-3-14-8-10-15(11-9-14)13(2)20-19-12-16-6-4-5-7-17(16)18/h4-11,19H,3,12H2,1-2H3/b20-13-. The molecular weight excluding hydrogens is 268 g/mol. The van der Waals surface area contributed by atoms with Crippen molar-refractivity contribution in [2.45, 2.75) is 26.8 Å². The molecule has 1 N–H and O–H groups in total. The summed E-state index contributed by atoms with van der Waals surface area (Å²) >= 11 is 6.10. The second-order valence-electron chi connectivity index (χ2n) is 4.67. The Balaban J connectivity index is 1.98. The van der Waals surface area contributed by atoms with E-state index in [9.17, 15) is 0 Å². The zero-order valence-corrected chi connectivity index (χ0v) is 12.6. The van der Waals surface area contributed by atoms with E-state index in [0.29, 0.717) is 6.54 Å². The minimum absolute atomic E-state index is 0.629. The third kappa shape index (κ3) is 3.84. The second-order valence-corrected chi connectivity index (χ2v) is 5.08.